The van der Waals surface area contributed by atoms with Gasteiger partial charge in [-0.1, -0.05) is 12.1 Å². The van der Waals surface area contributed by atoms with Crippen LogP contribution in [-0.2, 0) is 10.0 Å². The highest BCUT2D eigenvalue weighted by molar-refractivity contribution is 9.10. The highest BCUT2D eigenvalue weighted by atomic mass is 79.9. The van der Waals surface area contributed by atoms with Crippen LogP contribution < -0.4 is 5.32 Å². The van der Waals surface area contributed by atoms with Crippen LogP contribution in [0.25, 0.3) is 0 Å². The molecule has 2 saturated heterocycles. The van der Waals surface area contributed by atoms with Crippen LogP contribution in [0, 0.1) is 18.8 Å². The Morgan fingerprint density at radius 1 is 1.25 bits per heavy atom. The van der Waals surface area contributed by atoms with Gasteiger partial charge in [0.05, 0.1) is 4.90 Å². The van der Waals surface area contributed by atoms with Crippen molar-refractivity contribution in [2.24, 2.45) is 11.8 Å². The maximum Gasteiger partial charge on any atom is 0.244 e. The Morgan fingerprint density at radius 2 is 1.85 bits per heavy atom. The van der Waals surface area contributed by atoms with E-state index in [0.29, 0.717) is 34.3 Å². The molecule has 20 heavy (non-hydrogen) atoms. The molecule has 0 aliphatic carbocycles. The van der Waals surface area contributed by atoms with Gasteiger partial charge >= 0.3 is 0 Å². The average molecular weight is 382 g/mol. The molecule has 2 fully saturated rings. The number of nitrogens with one attached hydrogen (secondary N) is 1. The third-order valence-electron chi connectivity index (χ3n) is 4.13. The molecule has 7 heteroatoms. The number of halogens is 2. The van der Waals surface area contributed by atoms with Crippen LogP contribution in [0.2, 0.25) is 0 Å². The van der Waals surface area contributed by atoms with Gasteiger partial charge in [-0.05, 0) is 59.4 Å². The molecule has 3 rings (SSSR count). The van der Waals surface area contributed by atoms with Crippen molar-refractivity contribution in [3.8, 4) is 0 Å². The van der Waals surface area contributed by atoms with Crippen molar-refractivity contribution in [2.45, 2.75) is 11.8 Å². The maximum absolute atomic E-state index is 12.7. The largest absolute Gasteiger partial charge is 0.316 e. The zero-order chi connectivity index (χ0) is 13.6. The third kappa shape index (κ3) is 2.64. The van der Waals surface area contributed by atoms with Gasteiger partial charge in [0.25, 0.3) is 0 Å². The van der Waals surface area contributed by atoms with E-state index in [0.717, 1.165) is 18.7 Å². The van der Waals surface area contributed by atoms with Gasteiger partial charge in [0.15, 0.2) is 0 Å². The highest BCUT2D eigenvalue weighted by Gasteiger charge is 2.41. The molecule has 2 heterocycles. The van der Waals surface area contributed by atoms with E-state index >= 15 is 0 Å². The molecule has 0 radical (unpaired) electrons. The number of aryl methyl sites for hydroxylation is 1. The second-order valence-corrected chi connectivity index (χ2v) is 8.09. The number of sulfonamides is 1. The van der Waals surface area contributed by atoms with E-state index < -0.39 is 10.0 Å². The third-order valence-corrected chi connectivity index (χ3v) is 7.32. The first-order valence-corrected chi connectivity index (χ1v) is 8.69. The normalized spacial score (nSPS) is 26.3. The molecule has 0 unspecified atom stereocenters. The molecule has 0 bridgehead atoms. The van der Waals surface area contributed by atoms with E-state index in [1.807, 2.05) is 13.0 Å². The fourth-order valence-corrected chi connectivity index (χ4v) is 5.54. The average Bonchev–Trinajstić information content (AvgIpc) is 2.92. The lowest BCUT2D eigenvalue weighted by molar-refractivity contribution is 0.447. The van der Waals surface area contributed by atoms with Gasteiger partial charge in [0.2, 0.25) is 10.0 Å². The second-order valence-electron chi connectivity index (χ2n) is 5.39. The molecule has 4 nitrogen and oxygen atoms in total. The Hall–Kier alpha value is -0.140. The Kier molecular flexibility index (Phi) is 4.81. The first-order chi connectivity index (χ1) is 9.00. The summed E-state index contributed by atoms with van der Waals surface area (Å²) in [6.45, 7) is 5.06. The minimum atomic E-state index is -3.38. The molecular formula is C13H18BrClN2O2S. The molecular weight excluding hydrogens is 364 g/mol. The van der Waals surface area contributed by atoms with Crippen LogP contribution in [0.5, 0.6) is 0 Å². The van der Waals surface area contributed by atoms with Crippen molar-refractivity contribution in [1.29, 1.82) is 0 Å². The molecule has 0 saturated carbocycles. The van der Waals surface area contributed by atoms with Crippen LogP contribution in [0.1, 0.15) is 5.56 Å². The smallest absolute Gasteiger partial charge is 0.244 e. The molecule has 2 atom stereocenters. The molecule has 0 aromatic heterocycles. The lowest BCUT2D eigenvalue weighted by atomic mass is 10.0. The number of benzene rings is 1. The minimum Gasteiger partial charge on any atom is -0.316 e. The molecule has 0 spiro atoms. The van der Waals surface area contributed by atoms with Gasteiger partial charge in [-0.3, -0.25) is 0 Å². The summed E-state index contributed by atoms with van der Waals surface area (Å²) in [7, 11) is -3.38. The monoisotopic (exact) mass is 380 g/mol. The summed E-state index contributed by atoms with van der Waals surface area (Å²) in [5, 5.41) is 3.33. The van der Waals surface area contributed by atoms with Gasteiger partial charge in [-0.15, -0.1) is 12.4 Å². The van der Waals surface area contributed by atoms with Gasteiger partial charge in [-0.2, -0.15) is 4.31 Å². The molecule has 2 aliphatic heterocycles. The van der Waals surface area contributed by atoms with E-state index in [4.69, 9.17) is 0 Å². The highest BCUT2D eigenvalue weighted by Crippen LogP contribution is 2.34. The first-order valence-electron chi connectivity index (χ1n) is 6.46. The van der Waals surface area contributed by atoms with Crippen molar-refractivity contribution in [2.75, 3.05) is 26.2 Å². The van der Waals surface area contributed by atoms with Crippen molar-refractivity contribution < 1.29 is 8.42 Å². The quantitative estimate of drug-likeness (QED) is 0.852. The van der Waals surface area contributed by atoms with Crippen LogP contribution >= 0.6 is 28.3 Å². The second kappa shape index (κ2) is 5.93. The van der Waals surface area contributed by atoms with E-state index in [9.17, 15) is 8.42 Å². The summed E-state index contributed by atoms with van der Waals surface area (Å²) in [4.78, 5) is 0.389. The fraction of sp³-hybridized carbons (Fsp3) is 0.538. The van der Waals surface area contributed by atoms with Crippen LogP contribution in [-0.4, -0.2) is 38.9 Å². The Balaban J connectivity index is 0.00000147. The topological polar surface area (TPSA) is 49.4 Å². The summed E-state index contributed by atoms with van der Waals surface area (Å²) >= 11 is 3.41. The summed E-state index contributed by atoms with van der Waals surface area (Å²) in [6.07, 6.45) is 0. The molecule has 1 aromatic carbocycles. The van der Waals surface area contributed by atoms with Gasteiger partial charge in [0.1, 0.15) is 0 Å². The lowest BCUT2D eigenvalue weighted by Gasteiger charge is -2.19. The predicted octanol–water partition coefficient (Wildman–Crippen LogP) is 2.02. The summed E-state index contributed by atoms with van der Waals surface area (Å²) < 4.78 is 27.8. The standard InChI is InChI=1S/C13H17BrN2O2S.ClH/c1-9-3-2-4-12(13(9)14)19(17,18)16-7-10-5-15-6-11(10)8-16;/h2-4,10-11,15H,5-8H2,1H3;1H/t10-,11+;. The zero-order valence-electron chi connectivity index (χ0n) is 11.2. The van der Waals surface area contributed by atoms with E-state index in [1.165, 1.54) is 0 Å². The summed E-state index contributed by atoms with van der Waals surface area (Å²) in [6, 6.07) is 5.38. The molecule has 112 valence electrons. The van der Waals surface area contributed by atoms with E-state index in [2.05, 4.69) is 21.2 Å². The van der Waals surface area contributed by atoms with Crippen LogP contribution in [0.4, 0.5) is 0 Å². The van der Waals surface area contributed by atoms with Crippen molar-refractivity contribution >= 4 is 38.4 Å². The Bertz CT molecular complexity index is 596. The van der Waals surface area contributed by atoms with Crippen LogP contribution in [0.15, 0.2) is 27.6 Å². The maximum atomic E-state index is 12.7. The Morgan fingerprint density at radius 3 is 2.45 bits per heavy atom. The number of fused-ring (bicyclic) bond motifs is 1. The number of nitrogens with zero attached hydrogens (tertiary/aromatic N) is 1. The van der Waals surface area contributed by atoms with Crippen molar-refractivity contribution in [1.82, 2.24) is 9.62 Å². The van der Waals surface area contributed by atoms with Gasteiger partial charge in [-0.25, -0.2) is 8.42 Å². The van der Waals surface area contributed by atoms with Crippen molar-refractivity contribution in [3.05, 3.63) is 28.2 Å². The number of hydrogen-bond acceptors (Lipinski definition) is 3. The minimum absolute atomic E-state index is 0. The number of hydrogen-bond donors (Lipinski definition) is 1. The van der Waals surface area contributed by atoms with Crippen LogP contribution in [0.3, 0.4) is 0 Å². The lowest BCUT2D eigenvalue weighted by Crippen LogP contribution is -2.32. The molecule has 0 amide bonds. The fourth-order valence-electron chi connectivity index (χ4n) is 2.97. The molecule has 1 N–H and O–H groups in total. The zero-order valence-corrected chi connectivity index (χ0v) is 14.4. The Labute approximate surface area is 134 Å². The number of rotatable bonds is 2. The SMILES string of the molecule is Cc1cccc(S(=O)(=O)N2C[C@H]3CNC[C@H]3C2)c1Br.Cl. The molecule has 1 aromatic rings. The summed E-state index contributed by atoms with van der Waals surface area (Å²) in [5.41, 5.74) is 0.946. The van der Waals surface area contributed by atoms with Gasteiger partial charge in [0, 0.05) is 17.6 Å². The summed E-state index contributed by atoms with van der Waals surface area (Å²) in [5.74, 6) is 0.941. The predicted molar refractivity (Wildman–Crippen MR) is 84.7 cm³/mol. The van der Waals surface area contributed by atoms with E-state index in [-0.39, 0.29) is 12.4 Å². The van der Waals surface area contributed by atoms with E-state index in [1.54, 1.807) is 16.4 Å². The van der Waals surface area contributed by atoms with Crippen molar-refractivity contribution in [3.63, 3.8) is 0 Å². The first kappa shape index (κ1) is 16.2. The van der Waals surface area contributed by atoms with Gasteiger partial charge < -0.3 is 5.32 Å². The molecule has 2 aliphatic rings.